The van der Waals surface area contributed by atoms with Crippen molar-refractivity contribution in [1.29, 1.82) is 0 Å². The zero-order valence-corrected chi connectivity index (χ0v) is 14.7. The van der Waals surface area contributed by atoms with E-state index < -0.39 is 0 Å². The van der Waals surface area contributed by atoms with Gasteiger partial charge in [-0.1, -0.05) is 6.92 Å². The molecule has 4 heterocycles. The normalized spacial score (nSPS) is 18.8. The Hall–Kier alpha value is -2.21. The lowest BCUT2D eigenvalue weighted by atomic mass is 9.95. The molecule has 1 aliphatic heterocycles. The van der Waals surface area contributed by atoms with E-state index in [2.05, 4.69) is 32.8 Å². The molecule has 1 fully saturated rings. The molecule has 0 unspecified atom stereocenters. The molecule has 0 N–H and O–H groups in total. The SMILES string of the molecule is CCN1CCN(c2ncnc3c2oc2nc4c(cc23)CCCC4)CC1. The van der Waals surface area contributed by atoms with E-state index in [0.29, 0.717) is 5.71 Å². The molecular formula is C19H23N5O. The van der Waals surface area contributed by atoms with Crippen LogP contribution in [0.25, 0.3) is 22.2 Å². The molecule has 3 aromatic heterocycles. The quantitative estimate of drug-likeness (QED) is 0.717. The second-order valence-corrected chi connectivity index (χ2v) is 7.05. The summed E-state index contributed by atoms with van der Waals surface area (Å²) in [6.07, 6.45) is 6.30. The van der Waals surface area contributed by atoms with E-state index >= 15 is 0 Å². The van der Waals surface area contributed by atoms with E-state index in [4.69, 9.17) is 9.40 Å². The molecule has 130 valence electrons. The second kappa shape index (κ2) is 5.95. The van der Waals surface area contributed by atoms with Crippen molar-refractivity contribution in [2.24, 2.45) is 0 Å². The minimum Gasteiger partial charge on any atom is -0.432 e. The summed E-state index contributed by atoms with van der Waals surface area (Å²) in [5.41, 5.74) is 4.96. The molecule has 0 aromatic carbocycles. The van der Waals surface area contributed by atoms with Crippen molar-refractivity contribution in [3.05, 3.63) is 23.7 Å². The fourth-order valence-corrected chi connectivity index (χ4v) is 4.11. The maximum absolute atomic E-state index is 6.16. The number of likely N-dealkylation sites (N-methyl/N-ethyl adjacent to an activating group) is 1. The van der Waals surface area contributed by atoms with Gasteiger partial charge in [-0.25, -0.2) is 15.0 Å². The highest BCUT2D eigenvalue weighted by Gasteiger charge is 2.23. The first-order chi connectivity index (χ1) is 12.3. The van der Waals surface area contributed by atoms with Gasteiger partial charge in [0.15, 0.2) is 11.4 Å². The smallest absolute Gasteiger partial charge is 0.229 e. The molecule has 0 spiro atoms. The Morgan fingerprint density at radius 1 is 1.08 bits per heavy atom. The van der Waals surface area contributed by atoms with Crippen LogP contribution < -0.4 is 4.90 Å². The van der Waals surface area contributed by atoms with E-state index in [-0.39, 0.29) is 0 Å². The van der Waals surface area contributed by atoms with Crippen LogP contribution in [0.5, 0.6) is 0 Å². The van der Waals surface area contributed by atoms with Gasteiger partial charge in [0.25, 0.3) is 0 Å². The maximum atomic E-state index is 6.16. The Kier molecular flexibility index (Phi) is 3.59. The summed E-state index contributed by atoms with van der Waals surface area (Å²) in [5.74, 6) is 0.914. The lowest BCUT2D eigenvalue weighted by Crippen LogP contribution is -2.46. The minimum absolute atomic E-state index is 0.713. The van der Waals surface area contributed by atoms with Crippen LogP contribution in [0.2, 0.25) is 0 Å². The lowest BCUT2D eigenvalue weighted by molar-refractivity contribution is 0.270. The Bertz CT molecular complexity index is 926. The fraction of sp³-hybridized carbons (Fsp3) is 0.526. The maximum Gasteiger partial charge on any atom is 0.229 e. The number of hydrogen-bond donors (Lipinski definition) is 0. The number of anilines is 1. The standard InChI is InChI=1S/C19H23N5O/c1-2-23-7-9-24(10-8-23)18-17-16(20-12-21-18)14-11-13-5-3-4-6-15(13)22-19(14)25-17/h11-12H,2-10H2,1H3. The topological polar surface area (TPSA) is 58.3 Å². The molecule has 6 nitrogen and oxygen atoms in total. The van der Waals surface area contributed by atoms with Crippen molar-refractivity contribution < 1.29 is 4.42 Å². The van der Waals surface area contributed by atoms with E-state index in [1.165, 1.54) is 24.1 Å². The molecule has 1 saturated heterocycles. The average molecular weight is 337 g/mol. The molecule has 0 atom stereocenters. The first-order valence-corrected chi connectivity index (χ1v) is 9.37. The van der Waals surface area contributed by atoms with Gasteiger partial charge in [-0.2, -0.15) is 0 Å². The van der Waals surface area contributed by atoms with Crippen molar-refractivity contribution in [2.45, 2.75) is 32.6 Å². The number of aromatic nitrogens is 3. The molecule has 0 amide bonds. The number of piperazine rings is 1. The molecule has 0 saturated carbocycles. The summed E-state index contributed by atoms with van der Waals surface area (Å²) in [5, 5.41) is 1.03. The third-order valence-electron chi connectivity index (χ3n) is 5.62. The van der Waals surface area contributed by atoms with Crippen molar-refractivity contribution in [3.63, 3.8) is 0 Å². The molecule has 5 rings (SSSR count). The molecule has 6 heteroatoms. The van der Waals surface area contributed by atoms with Crippen LogP contribution in [0.3, 0.4) is 0 Å². The number of pyridine rings is 1. The number of fused-ring (bicyclic) bond motifs is 4. The van der Waals surface area contributed by atoms with Crippen LogP contribution >= 0.6 is 0 Å². The lowest BCUT2D eigenvalue weighted by Gasteiger charge is -2.34. The van der Waals surface area contributed by atoms with Gasteiger partial charge in [-0.3, -0.25) is 0 Å². The summed E-state index contributed by atoms with van der Waals surface area (Å²) < 4.78 is 6.16. The van der Waals surface area contributed by atoms with Gasteiger partial charge >= 0.3 is 0 Å². The number of rotatable bonds is 2. The number of nitrogens with zero attached hydrogens (tertiary/aromatic N) is 5. The summed E-state index contributed by atoms with van der Waals surface area (Å²) in [7, 11) is 0. The van der Waals surface area contributed by atoms with E-state index in [9.17, 15) is 0 Å². The summed E-state index contributed by atoms with van der Waals surface area (Å²) in [4.78, 5) is 18.7. The Balaban J connectivity index is 1.61. The monoisotopic (exact) mass is 337 g/mol. The number of aryl methyl sites for hydroxylation is 2. The minimum atomic E-state index is 0.713. The van der Waals surface area contributed by atoms with Crippen LogP contribution in [-0.4, -0.2) is 52.6 Å². The van der Waals surface area contributed by atoms with Gasteiger partial charge in [0, 0.05) is 31.9 Å². The number of hydrogen-bond acceptors (Lipinski definition) is 6. The Morgan fingerprint density at radius 3 is 2.76 bits per heavy atom. The largest absolute Gasteiger partial charge is 0.432 e. The van der Waals surface area contributed by atoms with Gasteiger partial charge in [0.2, 0.25) is 5.71 Å². The fourth-order valence-electron chi connectivity index (χ4n) is 4.11. The molecule has 0 radical (unpaired) electrons. The van der Waals surface area contributed by atoms with Crippen LogP contribution in [0, 0.1) is 0 Å². The van der Waals surface area contributed by atoms with E-state index in [0.717, 1.165) is 67.9 Å². The summed E-state index contributed by atoms with van der Waals surface area (Å²) >= 11 is 0. The first kappa shape index (κ1) is 15.1. The first-order valence-electron chi connectivity index (χ1n) is 9.37. The van der Waals surface area contributed by atoms with E-state index in [1.54, 1.807) is 6.33 Å². The Morgan fingerprint density at radius 2 is 1.92 bits per heavy atom. The van der Waals surface area contributed by atoms with Gasteiger partial charge < -0.3 is 14.2 Å². The highest BCUT2D eigenvalue weighted by atomic mass is 16.3. The van der Waals surface area contributed by atoms with Crippen LogP contribution in [0.1, 0.15) is 31.0 Å². The predicted octanol–water partition coefficient (Wildman–Crippen LogP) is 2.79. The van der Waals surface area contributed by atoms with Crippen LogP contribution in [-0.2, 0) is 12.8 Å². The summed E-state index contributed by atoms with van der Waals surface area (Å²) in [6.45, 7) is 7.39. The molecule has 2 aliphatic rings. The van der Waals surface area contributed by atoms with Crippen molar-refractivity contribution >= 4 is 28.0 Å². The van der Waals surface area contributed by atoms with Crippen LogP contribution in [0.15, 0.2) is 16.8 Å². The second-order valence-electron chi connectivity index (χ2n) is 7.05. The van der Waals surface area contributed by atoms with Gasteiger partial charge in [-0.15, -0.1) is 0 Å². The molecule has 1 aliphatic carbocycles. The third kappa shape index (κ3) is 2.47. The number of furan rings is 1. The van der Waals surface area contributed by atoms with Crippen molar-refractivity contribution in [2.75, 3.05) is 37.6 Å². The predicted molar refractivity (Wildman–Crippen MR) is 98.1 cm³/mol. The highest BCUT2D eigenvalue weighted by molar-refractivity contribution is 6.04. The third-order valence-corrected chi connectivity index (χ3v) is 5.62. The van der Waals surface area contributed by atoms with Gasteiger partial charge in [0.1, 0.15) is 11.8 Å². The van der Waals surface area contributed by atoms with E-state index in [1.807, 2.05) is 0 Å². The zero-order chi connectivity index (χ0) is 16.8. The van der Waals surface area contributed by atoms with Gasteiger partial charge in [0.05, 0.1) is 5.39 Å². The highest BCUT2D eigenvalue weighted by Crippen LogP contribution is 2.34. The molecule has 3 aromatic rings. The Labute approximate surface area is 146 Å². The molecular weight excluding hydrogens is 314 g/mol. The van der Waals surface area contributed by atoms with Crippen molar-refractivity contribution in [1.82, 2.24) is 19.9 Å². The van der Waals surface area contributed by atoms with Crippen LogP contribution in [0.4, 0.5) is 5.82 Å². The molecule has 25 heavy (non-hydrogen) atoms. The van der Waals surface area contributed by atoms with Gasteiger partial charge in [-0.05, 0) is 43.9 Å². The zero-order valence-electron chi connectivity index (χ0n) is 14.7. The van der Waals surface area contributed by atoms with Crippen molar-refractivity contribution in [3.8, 4) is 0 Å². The summed E-state index contributed by atoms with van der Waals surface area (Å²) in [6, 6.07) is 2.24. The average Bonchev–Trinajstić information content (AvgIpc) is 3.04. The molecule has 0 bridgehead atoms.